The first kappa shape index (κ1) is 13.7. The topological polar surface area (TPSA) is 49.4 Å². The number of hydrogen-bond donors (Lipinski definition) is 2. The molecular weight excluding hydrogens is 248 g/mol. The lowest BCUT2D eigenvalue weighted by Crippen LogP contribution is -2.38. The van der Waals surface area contributed by atoms with Crippen LogP contribution >= 0.6 is 12.6 Å². The average Bonchev–Trinajstić information content (AvgIpc) is 2.66. The van der Waals surface area contributed by atoms with Crippen molar-refractivity contribution in [2.24, 2.45) is 0 Å². The molecule has 4 nitrogen and oxygen atoms in total. The van der Waals surface area contributed by atoms with Gasteiger partial charge in [0.25, 0.3) is 0 Å². The molecule has 1 unspecified atom stereocenters. The van der Waals surface area contributed by atoms with E-state index in [9.17, 15) is 9.59 Å². The summed E-state index contributed by atoms with van der Waals surface area (Å²) >= 11 is 4.30. The second kappa shape index (κ2) is 6.45. The molecule has 1 saturated carbocycles. The van der Waals surface area contributed by atoms with Crippen molar-refractivity contribution in [1.82, 2.24) is 10.2 Å². The second-order valence-electron chi connectivity index (χ2n) is 5.35. The molecule has 1 aliphatic heterocycles. The maximum Gasteiger partial charge on any atom is 0.223 e. The zero-order valence-electron chi connectivity index (χ0n) is 10.7. The zero-order chi connectivity index (χ0) is 13.0. The summed E-state index contributed by atoms with van der Waals surface area (Å²) in [5.74, 6) is 0.206. The lowest BCUT2D eigenvalue weighted by atomic mass is 9.95. The van der Waals surface area contributed by atoms with E-state index < -0.39 is 0 Å². The number of rotatable bonds is 4. The average molecular weight is 270 g/mol. The standard InChI is InChI=1S/C13H22N2O2S/c16-12(14-10-4-2-1-3-5-10)6-7-15-9-11(18)8-13(15)17/h10-11,18H,1-9H2,(H,14,16). The van der Waals surface area contributed by atoms with Gasteiger partial charge in [0, 0.05) is 37.2 Å². The van der Waals surface area contributed by atoms with Gasteiger partial charge in [0.05, 0.1) is 0 Å². The normalized spacial score (nSPS) is 25.5. The van der Waals surface area contributed by atoms with Crippen molar-refractivity contribution in [1.29, 1.82) is 0 Å². The molecule has 0 radical (unpaired) electrons. The maximum atomic E-state index is 11.8. The highest BCUT2D eigenvalue weighted by atomic mass is 32.1. The number of thiol groups is 1. The molecule has 0 bridgehead atoms. The SMILES string of the molecule is O=C(CCN1CC(S)CC1=O)NC1CCCCC1. The van der Waals surface area contributed by atoms with Gasteiger partial charge < -0.3 is 10.2 Å². The molecule has 0 aromatic carbocycles. The van der Waals surface area contributed by atoms with Crippen molar-refractivity contribution < 1.29 is 9.59 Å². The van der Waals surface area contributed by atoms with Crippen molar-refractivity contribution in [3.8, 4) is 0 Å². The fraction of sp³-hybridized carbons (Fsp3) is 0.846. The zero-order valence-corrected chi connectivity index (χ0v) is 11.6. The molecule has 2 rings (SSSR count). The number of likely N-dealkylation sites (tertiary alicyclic amines) is 1. The summed E-state index contributed by atoms with van der Waals surface area (Å²) in [6.45, 7) is 1.22. The summed E-state index contributed by atoms with van der Waals surface area (Å²) in [5.41, 5.74) is 0. The molecule has 2 amide bonds. The van der Waals surface area contributed by atoms with Crippen LogP contribution in [0.4, 0.5) is 0 Å². The van der Waals surface area contributed by atoms with Crippen molar-refractivity contribution in [3.05, 3.63) is 0 Å². The van der Waals surface area contributed by atoms with E-state index in [0.29, 0.717) is 32.0 Å². The van der Waals surface area contributed by atoms with Crippen LogP contribution in [0.5, 0.6) is 0 Å². The largest absolute Gasteiger partial charge is 0.353 e. The summed E-state index contributed by atoms with van der Waals surface area (Å²) < 4.78 is 0. The Labute approximate surface area is 114 Å². The molecule has 2 aliphatic rings. The van der Waals surface area contributed by atoms with E-state index in [2.05, 4.69) is 17.9 Å². The summed E-state index contributed by atoms with van der Waals surface area (Å²) in [4.78, 5) is 25.1. The van der Waals surface area contributed by atoms with Gasteiger partial charge in [-0.3, -0.25) is 9.59 Å². The van der Waals surface area contributed by atoms with Crippen molar-refractivity contribution in [3.63, 3.8) is 0 Å². The van der Waals surface area contributed by atoms with E-state index in [4.69, 9.17) is 0 Å². The Morgan fingerprint density at radius 2 is 2.06 bits per heavy atom. The Kier molecular flexibility index (Phi) is 4.92. The van der Waals surface area contributed by atoms with Crippen LogP contribution in [0.3, 0.4) is 0 Å². The van der Waals surface area contributed by atoms with Gasteiger partial charge in [0.2, 0.25) is 11.8 Å². The minimum absolute atomic E-state index is 0.0808. The summed E-state index contributed by atoms with van der Waals surface area (Å²) in [5, 5.41) is 3.21. The van der Waals surface area contributed by atoms with E-state index in [0.717, 1.165) is 12.8 Å². The highest BCUT2D eigenvalue weighted by molar-refractivity contribution is 7.81. The van der Waals surface area contributed by atoms with Crippen LogP contribution in [0, 0.1) is 0 Å². The minimum Gasteiger partial charge on any atom is -0.353 e. The van der Waals surface area contributed by atoms with E-state index in [1.165, 1.54) is 19.3 Å². The predicted molar refractivity (Wildman–Crippen MR) is 73.6 cm³/mol. The lowest BCUT2D eigenvalue weighted by molar-refractivity contribution is -0.128. The summed E-state index contributed by atoms with van der Waals surface area (Å²) in [6, 6.07) is 0.359. The predicted octanol–water partition coefficient (Wildman–Crippen LogP) is 1.36. The highest BCUT2D eigenvalue weighted by Gasteiger charge is 2.27. The Bertz CT molecular complexity index is 316. The van der Waals surface area contributed by atoms with Gasteiger partial charge in [-0.25, -0.2) is 0 Å². The Morgan fingerprint density at radius 1 is 1.33 bits per heavy atom. The maximum absolute atomic E-state index is 11.8. The lowest BCUT2D eigenvalue weighted by Gasteiger charge is -2.23. The molecule has 18 heavy (non-hydrogen) atoms. The third-order valence-electron chi connectivity index (χ3n) is 3.77. The quantitative estimate of drug-likeness (QED) is 0.758. The van der Waals surface area contributed by atoms with Gasteiger partial charge in [0.15, 0.2) is 0 Å². The Balaban J connectivity index is 1.66. The number of nitrogens with one attached hydrogen (secondary N) is 1. The van der Waals surface area contributed by atoms with Crippen LogP contribution in [0.2, 0.25) is 0 Å². The minimum atomic E-state index is 0.0808. The van der Waals surface area contributed by atoms with E-state index >= 15 is 0 Å². The Hall–Kier alpha value is -0.710. The fourth-order valence-electron chi connectivity index (χ4n) is 2.75. The van der Waals surface area contributed by atoms with Crippen molar-refractivity contribution in [2.75, 3.05) is 13.1 Å². The molecule has 102 valence electrons. The molecule has 1 heterocycles. The van der Waals surface area contributed by atoms with Crippen LogP contribution in [0.1, 0.15) is 44.9 Å². The molecule has 1 N–H and O–H groups in total. The number of carbonyl (C=O) groups is 2. The van der Waals surface area contributed by atoms with E-state index in [-0.39, 0.29) is 17.1 Å². The third kappa shape index (κ3) is 3.90. The van der Waals surface area contributed by atoms with Crippen LogP contribution in [-0.4, -0.2) is 41.1 Å². The first-order valence-corrected chi connectivity index (χ1v) is 7.42. The van der Waals surface area contributed by atoms with Gasteiger partial charge in [-0.15, -0.1) is 0 Å². The van der Waals surface area contributed by atoms with Crippen molar-refractivity contribution >= 4 is 24.4 Å². The molecular formula is C13H22N2O2S. The van der Waals surface area contributed by atoms with Gasteiger partial charge in [0.1, 0.15) is 0 Å². The van der Waals surface area contributed by atoms with Crippen LogP contribution in [0.25, 0.3) is 0 Å². The molecule has 1 atom stereocenters. The molecule has 0 spiro atoms. The molecule has 0 aromatic heterocycles. The second-order valence-corrected chi connectivity index (χ2v) is 6.08. The highest BCUT2D eigenvalue weighted by Crippen LogP contribution is 2.18. The molecule has 1 aliphatic carbocycles. The van der Waals surface area contributed by atoms with Crippen LogP contribution in [-0.2, 0) is 9.59 Å². The van der Waals surface area contributed by atoms with Gasteiger partial charge in [-0.2, -0.15) is 12.6 Å². The third-order valence-corrected chi connectivity index (χ3v) is 4.12. The number of carbonyl (C=O) groups excluding carboxylic acids is 2. The first-order valence-electron chi connectivity index (χ1n) is 6.90. The van der Waals surface area contributed by atoms with E-state index in [1.54, 1.807) is 4.90 Å². The fourth-order valence-corrected chi connectivity index (χ4v) is 3.10. The summed E-state index contributed by atoms with van der Waals surface area (Å²) in [6.07, 6.45) is 6.86. The van der Waals surface area contributed by atoms with Gasteiger partial charge in [-0.1, -0.05) is 19.3 Å². The number of amides is 2. The molecule has 0 aromatic rings. The first-order chi connectivity index (χ1) is 8.65. The molecule has 1 saturated heterocycles. The summed E-state index contributed by atoms with van der Waals surface area (Å²) in [7, 11) is 0. The van der Waals surface area contributed by atoms with Gasteiger partial charge >= 0.3 is 0 Å². The number of hydrogen-bond acceptors (Lipinski definition) is 3. The van der Waals surface area contributed by atoms with Crippen LogP contribution in [0.15, 0.2) is 0 Å². The molecule has 2 fully saturated rings. The van der Waals surface area contributed by atoms with Gasteiger partial charge in [-0.05, 0) is 12.8 Å². The molecule has 5 heteroatoms. The number of nitrogens with zero attached hydrogens (tertiary/aromatic N) is 1. The Morgan fingerprint density at radius 3 is 2.67 bits per heavy atom. The van der Waals surface area contributed by atoms with E-state index in [1.807, 2.05) is 0 Å². The monoisotopic (exact) mass is 270 g/mol. The van der Waals surface area contributed by atoms with Crippen molar-refractivity contribution in [2.45, 2.75) is 56.2 Å². The van der Waals surface area contributed by atoms with Crippen LogP contribution < -0.4 is 5.32 Å². The smallest absolute Gasteiger partial charge is 0.223 e.